The van der Waals surface area contributed by atoms with Crippen LogP contribution in [0.1, 0.15) is 12.1 Å². The Morgan fingerprint density at radius 2 is 2.28 bits per heavy atom. The van der Waals surface area contributed by atoms with E-state index in [1.807, 2.05) is 19.1 Å². The van der Waals surface area contributed by atoms with E-state index in [1.54, 1.807) is 13.3 Å². The van der Waals surface area contributed by atoms with Gasteiger partial charge in [-0.1, -0.05) is 0 Å². The molecule has 100 valence electrons. The van der Waals surface area contributed by atoms with Crippen LogP contribution >= 0.6 is 0 Å². The number of hydrogen-bond donors (Lipinski definition) is 1. The number of methoxy groups -OCH3 is 1. The summed E-state index contributed by atoms with van der Waals surface area (Å²) in [5, 5.41) is 0. The molecular weight excluding hydrogens is 232 g/mol. The van der Waals surface area contributed by atoms with Crippen LogP contribution in [-0.4, -0.2) is 43.6 Å². The molecule has 1 aromatic heterocycles. The molecule has 5 nitrogen and oxygen atoms in total. The van der Waals surface area contributed by atoms with Gasteiger partial charge in [0, 0.05) is 25.8 Å². The van der Waals surface area contributed by atoms with E-state index in [-0.39, 0.29) is 18.2 Å². The maximum Gasteiger partial charge on any atom is 0.141 e. The van der Waals surface area contributed by atoms with Gasteiger partial charge in [-0.2, -0.15) is 0 Å². The van der Waals surface area contributed by atoms with E-state index < -0.39 is 0 Å². The third-order valence-corrected chi connectivity index (χ3v) is 3.13. The summed E-state index contributed by atoms with van der Waals surface area (Å²) in [5.74, 6) is 0.801. The number of nitrogens with zero attached hydrogens (tertiary/aromatic N) is 1. The summed E-state index contributed by atoms with van der Waals surface area (Å²) < 4.78 is 16.5. The van der Waals surface area contributed by atoms with E-state index in [4.69, 9.17) is 19.9 Å². The third-order valence-electron chi connectivity index (χ3n) is 3.13. The van der Waals surface area contributed by atoms with Crippen LogP contribution in [0.15, 0.2) is 18.3 Å². The van der Waals surface area contributed by atoms with Gasteiger partial charge < -0.3 is 19.9 Å². The smallest absolute Gasteiger partial charge is 0.141 e. The second-order valence-electron chi connectivity index (χ2n) is 4.47. The zero-order chi connectivity index (χ0) is 13.0. The Morgan fingerprint density at radius 1 is 1.44 bits per heavy atom. The first-order valence-electron chi connectivity index (χ1n) is 6.16. The number of hydrogen-bond acceptors (Lipinski definition) is 5. The number of ether oxygens (including phenoxy) is 3. The normalized spacial score (nSPS) is 26.7. The molecule has 2 rings (SSSR count). The fraction of sp³-hybridized carbons (Fsp3) is 0.615. The topological polar surface area (TPSA) is 66.6 Å². The predicted octanol–water partition coefficient (Wildman–Crippen LogP) is 0.900. The number of pyridine rings is 1. The minimum absolute atomic E-state index is 0.0137. The van der Waals surface area contributed by atoms with Gasteiger partial charge in [0.15, 0.2) is 0 Å². The van der Waals surface area contributed by atoms with Crippen molar-refractivity contribution in [2.24, 2.45) is 5.73 Å². The maximum atomic E-state index is 5.93. The van der Waals surface area contributed by atoms with Crippen molar-refractivity contribution in [1.82, 2.24) is 4.98 Å². The molecule has 1 saturated carbocycles. The Morgan fingerprint density at radius 3 is 2.94 bits per heavy atom. The van der Waals surface area contributed by atoms with Crippen LogP contribution in [0.3, 0.4) is 0 Å². The first kappa shape index (κ1) is 13.3. The number of aryl methyl sites for hydroxylation is 1. The molecule has 18 heavy (non-hydrogen) atoms. The van der Waals surface area contributed by atoms with Gasteiger partial charge in [0.05, 0.1) is 18.9 Å². The Bertz CT molecular complexity index is 386. The fourth-order valence-corrected chi connectivity index (χ4v) is 1.99. The summed E-state index contributed by atoms with van der Waals surface area (Å²) in [4.78, 5) is 4.19. The summed E-state index contributed by atoms with van der Waals surface area (Å²) in [7, 11) is 1.65. The summed E-state index contributed by atoms with van der Waals surface area (Å²) in [6.45, 7) is 3.04. The van der Waals surface area contributed by atoms with Crippen molar-refractivity contribution in [2.75, 3.05) is 20.3 Å². The van der Waals surface area contributed by atoms with Crippen LogP contribution in [0.2, 0.25) is 0 Å². The second kappa shape index (κ2) is 6.13. The molecule has 0 amide bonds. The summed E-state index contributed by atoms with van der Waals surface area (Å²) in [6.07, 6.45) is 2.52. The SMILES string of the molecule is COCCOC1C(N)CC1Oc1cccnc1C. The molecule has 0 spiro atoms. The van der Waals surface area contributed by atoms with Gasteiger partial charge in [-0.15, -0.1) is 0 Å². The first-order chi connectivity index (χ1) is 8.72. The first-order valence-corrected chi connectivity index (χ1v) is 6.16. The molecule has 0 saturated heterocycles. The molecule has 0 bridgehead atoms. The second-order valence-corrected chi connectivity index (χ2v) is 4.47. The van der Waals surface area contributed by atoms with E-state index in [0.717, 1.165) is 17.9 Å². The largest absolute Gasteiger partial charge is 0.486 e. The molecule has 1 heterocycles. The molecule has 5 heteroatoms. The van der Waals surface area contributed by atoms with Crippen molar-refractivity contribution in [3.63, 3.8) is 0 Å². The van der Waals surface area contributed by atoms with Crippen LogP contribution in [0.5, 0.6) is 5.75 Å². The van der Waals surface area contributed by atoms with Gasteiger partial charge in [0.1, 0.15) is 18.0 Å². The average Bonchev–Trinajstić information content (AvgIpc) is 2.36. The minimum Gasteiger partial charge on any atom is -0.486 e. The molecule has 1 aliphatic rings. The highest BCUT2D eigenvalue weighted by molar-refractivity contribution is 5.26. The van der Waals surface area contributed by atoms with Gasteiger partial charge >= 0.3 is 0 Å². The van der Waals surface area contributed by atoms with Gasteiger partial charge in [-0.05, 0) is 19.1 Å². The van der Waals surface area contributed by atoms with Gasteiger partial charge in [-0.25, -0.2) is 0 Å². The van der Waals surface area contributed by atoms with Gasteiger partial charge in [0.25, 0.3) is 0 Å². The third kappa shape index (κ3) is 2.98. The summed E-state index contributed by atoms with van der Waals surface area (Å²) in [5.41, 5.74) is 6.81. The van der Waals surface area contributed by atoms with E-state index in [9.17, 15) is 0 Å². The zero-order valence-electron chi connectivity index (χ0n) is 10.8. The lowest BCUT2D eigenvalue weighted by Gasteiger charge is -2.41. The molecule has 3 atom stereocenters. The van der Waals surface area contributed by atoms with Gasteiger partial charge in [0.2, 0.25) is 0 Å². The van der Waals surface area contributed by atoms with E-state index in [0.29, 0.717) is 13.2 Å². The Kier molecular flexibility index (Phi) is 4.52. The Hall–Kier alpha value is -1.17. The van der Waals surface area contributed by atoms with E-state index in [1.165, 1.54) is 0 Å². The molecule has 0 aliphatic heterocycles. The molecule has 3 unspecified atom stereocenters. The highest BCUT2D eigenvalue weighted by Gasteiger charge is 2.41. The average molecular weight is 252 g/mol. The number of rotatable bonds is 6. The predicted molar refractivity (Wildman–Crippen MR) is 67.6 cm³/mol. The lowest BCUT2D eigenvalue weighted by atomic mass is 9.86. The standard InChI is InChI=1S/C13H20N2O3/c1-9-11(4-3-5-15-9)18-12-8-10(14)13(12)17-7-6-16-2/h3-5,10,12-13H,6-8,14H2,1-2H3. The molecule has 1 aliphatic carbocycles. The van der Waals surface area contributed by atoms with Crippen LogP contribution in [0.4, 0.5) is 0 Å². The molecule has 2 N–H and O–H groups in total. The molecule has 0 aromatic carbocycles. The molecule has 1 aromatic rings. The molecule has 1 fully saturated rings. The highest BCUT2D eigenvalue weighted by atomic mass is 16.6. The monoisotopic (exact) mass is 252 g/mol. The quantitative estimate of drug-likeness (QED) is 0.762. The molecule has 0 radical (unpaired) electrons. The van der Waals surface area contributed by atoms with Crippen molar-refractivity contribution >= 4 is 0 Å². The van der Waals surface area contributed by atoms with Crippen LogP contribution in [0, 0.1) is 6.92 Å². The highest BCUT2D eigenvalue weighted by Crippen LogP contribution is 2.28. The van der Waals surface area contributed by atoms with Crippen molar-refractivity contribution in [3.05, 3.63) is 24.0 Å². The summed E-state index contributed by atoms with van der Waals surface area (Å²) >= 11 is 0. The van der Waals surface area contributed by atoms with E-state index in [2.05, 4.69) is 4.98 Å². The number of aromatic nitrogens is 1. The fourth-order valence-electron chi connectivity index (χ4n) is 1.99. The van der Waals surface area contributed by atoms with Crippen LogP contribution < -0.4 is 10.5 Å². The minimum atomic E-state index is -0.0558. The van der Waals surface area contributed by atoms with Crippen LogP contribution in [-0.2, 0) is 9.47 Å². The molecular formula is C13H20N2O3. The Balaban J connectivity index is 1.88. The van der Waals surface area contributed by atoms with E-state index >= 15 is 0 Å². The summed E-state index contributed by atoms with van der Waals surface area (Å²) in [6, 6.07) is 3.82. The lowest BCUT2D eigenvalue weighted by Crippen LogP contribution is -2.59. The van der Waals surface area contributed by atoms with Gasteiger partial charge in [-0.3, -0.25) is 4.98 Å². The van der Waals surface area contributed by atoms with Crippen molar-refractivity contribution < 1.29 is 14.2 Å². The zero-order valence-corrected chi connectivity index (χ0v) is 10.8. The van der Waals surface area contributed by atoms with Crippen LogP contribution in [0.25, 0.3) is 0 Å². The maximum absolute atomic E-state index is 5.93. The van der Waals surface area contributed by atoms with Crippen molar-refractivity contribution in [1.29, 1.82) is 0 Å². The number of nitrogens with two attached hydrogens (primary N) is 1. The van der Waals surface area contributed by atoms with Crippen molar-refractivity contribution in [2.45, 2.75) is 31.6 Å². The van der Waals surface area contributed by atoms with Crippen molar-refractivity contribution in [3.8, 4) is 5.75 Å². The lowest BCUT2D eigenvalue weighted by molar-refractivity contribution is -0.107. The Labute approximate surface area is 107 Å².